The number of allylic oxidation sites excluding steroid dienone is 5. The molecule has 188 valence electrons. The molecule has 0 radical (unpaired) electrons. The molecule has 7 nitrogen and oxygen atoms in total. The van der Waals surface area contributed by atoms with Crippen molar-refractivity contribution < 1.29 is 9.59 Å². The number of aromatic amines is 1. The molecule has 1 aromatic carbocycles. The average Bonchev–Trinajstić information content (AvgIpc) is 3.09. The molecule has 37 heavy (non-hydrogen) atoms. The van der Waals surface area contributed by atoms with Gasteiger partial charge in [0.15, 0.2) is 0 Å². The number of anilines is 1. The summed E-state index contributed by atoms with van der Waals surface area (Å²) >= 11 is 0. The predicted octanol–water partition coefficient (Wildman–Crippen LogP) is 4.07. The van der Waals surface area contributed by atoms with E-state index < -0.39 is 0 Å². The van der Waals surface area contributed by atoms with Crippen LogP contribution in [-0.4, -0.2) is 32.8 Å². The maximum Gasteiger partial charge on any atom is 0.276 e. The van der Waals surface area contributed by atoms with Crippen LogP contribution in [0.2, 0.25) is 0 Å². The summed E-state index contributed by atoms with van der Waals surface area (Å²) in [5.41, 5.74) is 1.75. The van der Waals surface area contributed by atoms with Crippen LogP contribution < -0.4 is 21.3 Å². The molecule has 2 aliphatic rings. The second-order valence-electron chi connectivity index (χ2n) is 8.40. The number of aromatic nitrogens is 3. The normalized spacial score (nSPS) is 14.8. The zero-order valence-electron chi connectivity index (χ0n) is 21.3. The zero-order valence-corrected chi connectivity index (χ0v) is 21.3. The second-order valence-corrected chi connectivity index (χ2v) is 8.40. The number of carbonyl (C=O) groups excluding carboxylic acids is 2. The summed E-state index contributed by atoms with van der Waals surface area (Å²) < 4.78 is 0. The van der Waals surface area contributed by atoms with E-state index in [-0.39, 0.29) is 29.5 Å². The van der Waals surface area contributed by atoms with Gasteiger partial charge < -0.3 is 10.3 Å². The number of carbonyl (C=O) groups is 2. The first-order valence-electron chi connectivity index (χ1n) is 12.6. The number of imidazole rings is 1. The van der Waals surface area contributed by atoms with E-state index in [0.29, 0.717) is 22.7 Å². The van der Waals surface area contributed by atoms with Crippen molar-refractivity contribution in [3.8, 4) is 0 Å². The lowest BCUT2D eigenvalue weighted by Gasteiger charge is -2.15. The topological polar surface area (TPSA) is 99.8 Å². The van der Waals surface area contributed by atoms with Gasteiger partial charge in [-0.05, 0) is 36.8 Å². The molecule has 2 aliphatic carbocycles. The highest BCUT2D eigenvalue weighted by atomic mass is 16.2. The molecule has 0 aliphatic heterocycles. The first-order chi connectivity index (χ1) is 18.1. The Kier molecular flexibility index (Phi) is 8.26. The molecule has 1 unspecified atom stereocenters. The molecule has 1 atom stereocenters. The Labute approximate surface area is 216 Å². The van der Waals surface area contributed by atoms with E-state index in [1.54, 1.807) is 18.3 Å². The summed E-state index contributed by atoms with van der Waals surface area (Å²) in [5, 5.41) is 8.91. The average molecular weight is 494 g/mol. The third-order valence-electron chi connectivity index (χ3n) is 5.92. The van der Waals surface area contributed by atoms with Crippen molar-refractivity contribution in [1.82, 2.24) is 20.3 Å². The predicted molar refractivity (Wildman–Crippen MR) is 149 cm³/mol. The lowest BCUT2D eigenvalue weighted by molar-refractivity contribution is -0.116. The Morgan fingerprint density at radius 1 is 1.00 bits per heavy atom. The summed E-state index contributed by atoms with van der Waals surface area (Å²) in [4.78, 5) is 38.0. The SMILES string of the molecule is CC.CC(NC(=O)C1=c2nc(NC(=O)c3cc4ccccc4cn3)[nH]c2=CCC=C1)C1=CC=CCC=C1. The Balaban J connectivity index is 0.00000156. The molecule has 0 bridgehead atoms. The minimum atomic E-state index is -0.380. The van der Waals surface area contributed by atoms with Gasteiger partial charge in [0.1, 0.15) is 11.0 Å². The van der Waals surface area contributed by atoms with Crippen LogP contribution in [0.3, 0.4) is 0 Å². The summed E-state index contributed by atoms with van der Waals surface area (Å²) in [6, 6.07) is 9.29. The molecule has 0 spiro atoms. The molecule has 5 rings (SSSR count). The number of amides is 2. The maximum absolute atomic E-state index is 13.2. The van der Waals surface area contributed by atoms with Crippen molar-refractivity contribution in [3.63, 3.8) is 0 Å². The molecular weight excluding hydrogens is 462 g/mol. The van der Waals surface area contributed by atoms with Gasteiger partial charge in [0.05, 0.1) is 17.0 Å². The molecule has 0 saturated carbocycles. The van der Waals surface area contributed by atoms with Crippen LogP contribution in [0.4, 0.5) is 5.95 Å². The van der Waals surface area contributed by atoms with Crippen molar-refractivity contribution in [2.45, 2.75) is 39.7 Å². The summed E-state index contributed by atoms with van der Waals surface area (Å²) in [5.74, 6) is -0.345. The third kappa shape index (κ3) is 6.01. The zero-order chi connectivity index (χ0) is 26.2. The molecule has 3 N–H and O–H groups in total. The molecule has 0 saturated heterocycles. The molecule has 2 aromatic heterocycles. The van der Waals surface area contributed by atoms with Crippen molar-refractivity contribution in [2.75, 3.05) is 5.32 Å². The van der Waals surface area contributed by atoms with Crippen molar-refractivity contribution >= 4 is 40.2 Å². The first-order valence-corrected chi connectivity index (χ1v) is 12.6. The van der Waals surface area contributed by atoms with E-state index >= 15 is 0 Å². The van der Waals surface area contributed by atoms with Crippen molar-refractivity contribution in [2.24, 2.45) is 0 Å². The highest BCUT2D eigenvalue weighted by molar-refractivity contribution is 6.17. The number of rotatable bonds is 5. The molecule has 7 heteroatoms. The summed E-state index contributed by atoms with van der Waals surface area (Å²) in [6.07, 6.45) is 19.0. The fourth-order valence-corrected chi connectivity index (χ4v) is 4.05. The molecule has 2 amide bonds. The summed E-state index contributed by atoms with van der Waals surface area (Å²) in [7, 11) is 0. The fraction of sp³-hybridized carbons (Fsp3) is 0.200. The highest BCUT2D eigenvalue weighted by Gasteiger charge is 2.17. The van der Waals surface area contributed by atoms with Crippen LogP contribution in [0.1, 0.15) is 44.1 Å². The maximum atomic E-state index is 13.2. The largest absolute Gasteiger partial charge is 0.345 e. The third-order valence-corrected chi connectivity index (χ3v) is 5.92. The lowest BCUT2D eigenvalue weighted by Crippen LogP contribution is -2.38. The van der Waals surface area contributed by atoms with Crippen LogP contribution in [0.25, 0.3) is 22.4 Å². The van der Waals surface area contributed by atoms with Gasteiger partial charge >= 0.3 is 0 Å². The number of hydrogen-bond donors (Lipinski definition) is 3. The Morgan fingerprint density at radius 3 is 2.62 bits per heavy atom. The smallest absolute Gasteiger partial charge is 0.276 e. The van der Waals surface area contributed by atoms with Gasteiger partial charge in [-0.1, -0.05) is 86.7 Å². The van der Waals surface area contributed by atoms with E-state index in [1.165, 1.54) is 0 Å². The first kappa shape index (κ1) is 25.6. The number of fused-ring (bicyclic) bond motifs is 2. The van der Waals surface area contributed by atoms with Crippen LogP contribution in [0, 0.1) is 0 Å². The van der Waals surface area contributed by atoms with E-state index in [2.05, 4.69) is 37.7 Å². The Hall–Kier alpha value is -4.52. The standard InChI is InChI=1S/C28H25N5O2.C2H6/c1-18(19-10-4-2-3-5-11-19)30-26(34)22-14-8-9-15-23-25(22)32-28(31-23)33-27(35)24-16-20-12-6-7-13-21(20)17-29-24;1-2/h2,4-8,10-18H,3,9H2,1H3,(H,30,34)(H2,31,32,33,35);1-2H3. The number of pyridine rings is 1. The van der Waals surface area contributed by atoms with Crippen molar-refractivity contribution in [3.05, 3.63) is 101 Å². The van der Waals surface area contributed by atoms with Crippen LogP contribution in [0.15, 0.2) is 84.6 Å². The van der Waals surface area contributed by atoms with Gasteiger partial charge in [-0.2, -0.15) is 0 Å². The van der Waals surface area contributed by atoms with E-state index in [4.69, 9.17) is 0 Å². The van der Waals surface area contributed by atoms with E-state index in [1.807, 2.05) is 75.4 Å². The summed E-state index contributed by atoms with van der Waals surface area (Å²) in [6.45, 7) is 5.95. The minimum Gasteiger partial charge on any atom is -0.345 e. The molecule has 0 fully saturated rings. The minimum absolute atomic E-state index is 0.171. The van der Waals surface area contributed by atoms with Gasteiger partial charge in [0, 0.05) is 11.6 Å². The van der Waals surface area contributed by atoms with Crippen LogP contribution >= 0.6 is 0 Å². The Bertz CT molecular complexity index is 1560. The van der Waals surface area contributed by atoms with Crippen LogP contribution in [0.5, 0.6) is 0 Å². The quantitative estimate of drug-likeness (QED) is 0.499. The van der Waals surface area contributed by atoms with Gasteiger partial charge in [0.25, 0.3) is 11.8 Å². The fourth-order valence-electron chi connectivity index (χ4n) is 4.05. The van der Waals surface area contributed by atoms with E-state index in [9.17, 15) is 9.59 Å². The van der Waals surface area contributed by atoms with Gasteiger partial charge in [-0.25, -0.2) is 4.98 Å². The van der Waals surface area contributed by atoms with Crippen molar-refractivity contribution in [1.29, 1.82) is 0 Å². The van der Waals surface area contributed by atoms with Gasteiger partial charge in [-0.15, -0.1) is 0 Å². The number of nitrogens with one attached hydrogen (secondary N) is 3. The lowest BCUT2D eigenvalue weighted by atomic mass is 10.1. The Morgan fingerprint density at radius 2 is 1.78 bits per heavy atom. The van der Waals surface area contributed by atoms with E-state index in [0.717, 1.165) is 22.8 Å². The molecule has 3 aromatic rings. The number of benzene rings is 1. The number of hydrogen-bond acceptors (Lipinski definition) is 4. The van der Waals surface area contributed by atoms with Gasteiger partial charge in [0.2, 0.25) is 5.95 Å². The monoisotopic (exact) mass is 493 g/mol. The number of H-pyrrole nitrogens is 1. The molecular formula is C30H31N5O2. The van der Waals surface area contributed by atoms with Gasteiger partial charge in [-0.3, -0.25) is 19.9 Å². The second kappa shape index (κ2) is 11.9. The number of nitrogens with zero attached hydrogens (tertiary/aromatic N) is 2. The highest BCUT2D eigenvalue weighted by Crippen LogP contribution is 2.14. The molecule has 2 heterocycles. The van der Waals surface area contributed by atoms with Crippen LogP contribution in [-0.2, 0) is 4.79 Å².